The first-order chi connectivity index (χ1) is 10.9. The highest BCUT2D eigenvalue weighted by molar-refractivity contribution is 6.31. The van der Waals surface area contributed by atoms with Crippen molar-refractivity contribution < 1.29 is 14.7 Å². The van der Waals surface area contributed by atoms with E-state index in [1.54, 1.807) is 0 Å². The molecule has 124 valence electrons. The van der Waals surface area contributed by atoms with Gasteiger partial charge >= 0.3 is 5.97 Å². The van der Waals surface area contributed by atoms with Gasteiger partial charge in [-0.25, -0.2) is 0 Å². The van der Waals surface area contributed by atoms with Crippen LogP contribution in [0.5, 0.6) is 0 Å². The van der Waals surface area contributed by atoms with Gasteiger partial charge in [-0.1, -0.05) is 29.3 Å². The molecule has 1 aliphatic carbocycles. The molecule has 2 aliphatic rings. The van der Waals surface area contributed by atoms with Gasteiger partial charge in [-0.3, -0.25) is 9.59 Å². The molecule has 5 heteroatoms. The van der Waals surface area contributed by atoms with E-state index in [4.69, 9.17) is 16.7 Å². The minimum Gasteiger partial charge on any atom is -0.481 e. The van der Waals surface area contributed by atoms with E-state index in [1.165, 1.54) is 0 Å². The summed E-state index contributed by atoms with van der Waals surface area (Å²) in [6, 6.07) is 5.94. The maximum atomic E-state index is 12.8. The fourth-order valence-electron chi connectivity index (χ4n) is 3.64. The molecule has 1 N–H and O–H groups in total. The van der Waals surface area contributed by atoms with E-state index in [2.05, 4.69) is 6.07 Å². The van der Waals surface area contributed by atoms with E-state index in [9.17, 15) is 9.59 Å². The van der Waals surface area contributed by atoms with Crippen LogP contribution in [0, 0.1) is 12.3 Å². The fourth-order valence-corrected chi connectivity index (χ4v) is 3.89. The van der Waals surface area contributed by atoms with Crippen molar-refractivity contribution in [3.05, 3.63) is 34.3 Å². The summed E-state index contributed by atoms with van der Waals surface area (Å²) in [6.07, 6.45) is 4.01. The molecule has 23 heavy (non-hydrogen) atoms. The van der Waals surface area contributed by atoms with Crippen molar-refractivity contribution in [2.24, 2.45) is 5.41 Å². The van der Waals surface area contributed by atoms with Crippen LogP contribution < -0.4 is 0 Å². The number of rotatable bonds is 5. The minimum atomic E-state index is -0.810. The van der Waals surface area contributed by atoms with Crippen LogP contribution >= 0.6 is 11.6 Å². The molecule has 1 heterocycles. The van der Waals surface area contributed by atoms with Crippen LogP contribution in [0.15, 0.2) is 18.2 Å². The molecule has 1 aliphatic heterocycles. The lowest BCUT2D eigenvalue weighted by Gasteiger charge is -2.27. The number of amides is 1. The van der Waals surface area contributed by atoms with Gasteiger partial charge in [0.25, 0.3) is 0 Å². The first-order valence-electron chi connectivity index (χ1n) is 8.18. The van der Waals surface area contributed by atoms with Crippen molar-refractivity contribution in [2.75, 3.05) is 6.54 Å². The molecule has 0 bridgehead atoms. The van der Waals surface area contributed by atoms with E-state index >= 15 is 0 Å². The Hall–Kier alpha value is -1.55. The highest BCUT2D eigenvalue weighted by Crippen LogP contribution is 2.52. The van der Waals surface area contributed by atoms with E-state index in [0.717, 1.165) is 43.4 Å². The maximum absolute atomic E-state index is 12.8. The molecule has 1 saturated heterocycles. The second kappa shape index (κ2) is 6.16. The number of hydrogen-bond acceptors (Lipinski definition) is 2. The molecular formula is C18H22ClNO3. The third-order valence-corrected chi connectivity index (χ3v) is 5.44. The van der Waals surface area contributed by atoms with Gasteiger partial charge in [0.05, 0.1) is 12.5 Å². The van der Waals surface area contributed by atoms with Crippen molar-refractivity contribution in [1.29, 1.82) is 0 Å². The Kier molecular flexibility index (Phi) is 4.37. The van der Waals surface area contributed by atoms with E-state index in [-0.39, 0.29) is 23.8 Å². The molecule has 1 unspecified atom stereocenters. The van der Waals surface area contributed by atoms with Gasteiger partial charge in [0, 0.05) is 18.0 Å². The van der Waals surface area contributed by atoms with Crippen LogP contribution in [0.2, 0.25) is 5.02 Å². The Morgan fingerprint density at radius 3 is 2.74 bits per heavy atom. The minimum absolute atomic E-state index is 0.0236. The molecule has 0 radical (unpaired) electrons. The van der Waals surface area contributed by atoms with Gasteiger partial charge < -0.3 is 10.0 Å². The van der Waals surface area contributed by atoms with Crippen molar-refractivity contribution in [1.82, 2.24) is 4.90 Å². The molecule has 1 aromatic carbocycles. The number of carboxylic acid groups (broad SMARTS) is 1. The predicted molar refractivity (Wildman–Crippen MR) is 88.4 cm³/mol. The van der Waals surface area contributed by atoms with Crippen LogP contribution in [0.25, 0.3) is 0 Å². The number of benzene rings is 1. The summed E-state index contributed by atoms with van der Waals surface area (Å²) in [5, 5.41) is 9.72. The highest BCUT2D eigenvalue weighted by Gasteiger charge is 2.47. The zero-order valence-corrected chi connectivity index (χ0v) is 14.1. The Morgan fingerprint density at radius 2 is 2.09 bits per heavy atom. The average molecular weight is 336 g/mol. The van der Waals surface area contributed by atoms with Gasteiger partial charge in [0.2, 0.25) is 5.91 Å². The molecule has 0 aromatic heterocycles. The smallest absolute Gasteiger partial charge is 0.303 e. The van der Waals surface area contributed by atoms with Crippen molar-refractivity contribution in [2.45, 2.75) is 51.5 Å². The largest absolute Gasteiger partial charge is 0.481 e. The molecule has 3 rings (SSSR count). The van der Waals surface area contributed by atoms with Gasteiger partial charge in [-0.15, -0.1) is 0 Å². The van der Waals surface area contributed by atoms with Gasteiger partial charge in [-0.05, 0) is 49.7 Å². The quantitative estimate of drug-likeness (QED) is 0.886. The summed E-state index contributed by atoms with van der Waals surface area (Å²) < 4.78 is 0. The van der Waals surface area contributed by atoms with E-state index in [0.29, 0.717) is 11.4 Å². The molecule has 1 amide bonds. The number of halogens is 1. The first-order valence-corrected chi connectivity index (χ1v) is 8.55. The Balaban J connectivity index is 1.75. The number of aryl methyl sites for hydroxylation is 1. The Morgan fingerprint density at radius 1 is 1.35 bits per heavy atom. The number of likely N-dealkylation sites (tertiary alicyclic amines) is 1. The van der Waals surface area contributed by atoms with Crippen LogP contribution in [-0.2, 0) is 9.59 Å². The summed E-state index contributed by atoms with van der Waals surface area (Å²) in [4.78, 5) is 25.6. The fraction of sp³-hybridized carbons (Fsp3) is 0.556. The van der Waals surface area contributed by atoms with Crippen LogP contribution in [-0.4, -0.2) is 28.4 Å². The standard InChI is InChI=1S/C18H22ClNO3/c1-12-4-5-14(19)13(9-12)15-3-2-8-20(15)16(21)10-18(6-7-18)11-17(22)23/h4-5,9,15H,2-3,6-8,10-11H2,1H3,(H,22,23). The molecule has 1 atom stereocenters. The molecule has 0 spiro atoms. The second-order valence-electron chi connectivity index (χ2n) is 7.02. The number of carbonyl (C=O) groups excluding carboxylic acids is 1. The lowest BCUT2D eigenvalue weighted by molar-refractivity contribution is -0.139. The molecule has 2 fully saturated rings. The van der Waals surface area contributed by atoms with Crippen LogP contribution in [0.1, 0.15) is 55.7 Å². The summed E-state index contributed by atoms with van der Waals surface area (Å²) in [5.74, 6) is -0.737. The highest BCUT2D eigenvalue weighted by atomic mass is 35.5. The summed E-state index contributed by atoms with van der Waals surface area (Å²) in [7, 11) is 0. The zero-order valence-electron chi connectivity index (χ0n) is 13.3. The van der Waals surface area contributed by atoms with Crippen LogP contribution in [0.4, 0.5) is 0 Å². The van der Waals surface area contributed by atoms with Gasteiger partial charge in [-0.2, -0.15) is 0 Å². The van der Waals surface area contributed by atoms with Crippen LogP contribution in [0.3, 0.4) is 0 Å². The molecule has 1 saturated carbocycles. The monoisotopic (exact) mass is 335 g/mol. The number of carbonyl (C=O) groups is 2. The third kappa shape index (κ3) is 3.52. The summed E-state index contributed by atoms with van der Waals surface area (Å²) >= 11 is 6.34. The Bertz CT molecular complexity index is 639. The predicted octanol–water partition coefficient (Wildman–Crippen LogP) is 3.96. The van der Waals surface area contributed by atoms with Crippen molar-refractivity contribution in [3.63, 3.8) is 0 Å². The van der Waals surface area contributed by atoms with Gasteiger partial charge in [0.15, 0.2) is 0 Å². The third-order valence-electron chi connectivity index (χ3n) is 5.09. The topological polar surface area (TPSA) is 57.6 Å². The van der Waals surface area contributed by atoms with E-state index < -0.39 is 5.97 Å². The van der Waals surface area contributed by atoms with Crippen molar-refractivity contribution in [3.8, 4) is 0 Å². The normalized spacial score (nSPS) is 22.2. The second-order valence-corrected chi connectivity index (χ2v) is 7.42. The molecular weight excluding hydrogens is 314 g/mol. The van der Waals surface area contributed by atoms with E-state index in [1.807, 2.05) is 24.0 Å². The average Bonchev–Trinajstić information content (AvgIpc) is 3.03. The Labute approximate surface area is 141 Å². The molecule has 1 aromatic rings. The number of carboxylic acids is 1. The first kappa shape index (κ1) is 16.3. The maximum Gasteiger partial charge on any atom is 0.303 e. The number of aliphatic carboxylic acids is 1. The lowest BCUT2D eigenvalue weighted by atomic mass is 9.96. The van der Waals surface area contributed by atoms with Crippen molar-refractivity contribution >= 4 is 23.5 Å². The number of hydrogen-bond donors (Lipinski definition) is 1. The number of nitrogens with zero attached hydrogens (tertiary/aromatic N) is 1. The zero-order chi connectivity index (χ0) is 16.6. The van der Waals surface area contributed by atoms with Gasteiger partial charge in [0.1, 0.15) is 0 Å². The lowest BCUT2D eigenvalue weighted by Crippen LogP contribution is -2.32. The summed E-state index contributed by atoms with van der Waals surface area (Å²) in [6.45, 7) is 2.75. The molecule has 4 nitrogen and oxygen atoms in total. The summed E-state index contributed by atoms with van der Waals surface area (Å²) in [5.41, 5.74) is 1.85. The SMILES string of the molecule is Cc1ccc(Cl)c(C2CCCN2C(=O)CC2(CC(=O)O)CC2)c1.